The summed E-state index contributed by atoms with van der Waals surface area (Å²) in [5, 5.41) is 4.99. The van der Waals surface area contributed by atoms with E-state index in [0.717, 1.165) is 11.3 Å². The molecule has 0 bridgehead atoms. The van der Waals surface area contributed by atoms with Crippen LogP contribution in [0.25, 0.3) is 28.1 Å². The molecule has 2 heterocycles. The van der Waals surface area contributed by atoms with E-state index in [9.17, 15) is 9.18 Å². The van der Waals surface area contributed by atoms with Crippen LogP contribution in [0.1, 0.15) is 16.1 Å². The van der Waals surface area contributed by atoms with Gasteiger partial charge in [-0.3, -0.25) is 4.79 Å². The molecule has 5 aromatic rings. The second kappa shape index (κ2) is 7.33. The summed E-state index contributed by atoms with van der Waals surface area (Å²) in [6.45, 7) is 0. The van der Waals surface area contributed by atoms with Gasteiger partial charge in [-0.1, -0.05) is 48.5 Å². The van der Waals surface area contributed by atoms with E-state index in [1.807, 2.05) is 60.7 Å². The van der Waals surface area contributed by atoms with Crippen LogP contribution >= 0.6 is 0 Å². The molecule has 3 aromatic carbocycles. The van der Waals surface area contributed by atoms with Gasteiger partial charge in [-0.15, -0.1) is 0 Å². The van der Waals surface area contributed by atoms with Crippen LogP contribution in [0.2, 0.25) is 0 Å². The van der Waals surface area contributed by atoms with E-state index >= 15 is 0 Å². The summed E-state index contributed by atoms with van der Waals surface area (Å²) in [6.07, 6.45) is 1.59. The van der Waals surface area contributed by atoms with Crippen molar-refractivity contribution in [3.05, 3.63) is 108 Å². The molecule has 0 unspecified atom stereocenters. The first-order valence-corrected chi connectivity index (χ1v) is 9.37. The van der Waals surface area contributed by atoms with Crippen molar-refractivity contribution < 1.29 is 9.18 Å². The fraction of sp³-hybridized carbons (Fsp3) is 0. The van der Waals surface area contributed by atoms with E-state index in [1.165, 1.54) is 24.3 Å². The van der Waals surface area contributed by atoms with E-state index in [-0.39, 0.29) is 11.5 Å². The third kappa shape index (κ3) is 3.14. The highest BCUT2D eigenvalue weighted by atomic mass is 19.1. The second-order valence-corrected chi connectivity index (χ2v) is 6.73. The summed E-state index contributed by atoms with van der Waals surface area (Å²) in [5.74, 6) is -0.292. The molecule has 0 spiro atoms. The van der Waals surface area contributed by atoms with Gasteiger partial charge in [0.15, 0.2) is 11.5 Å². The van der Waals surface area contributed by atoms with E-state index in [0.29, 0.717) is 22.4 Å². The van der Waals surface area contributed by atoms with Crippen molar-refractivity contribution in [1.82, 2.24) is 19.7 Å². The first-order chi connectivity index (χ1) is 14.7. The third-order valence-corrected chi connectivity index (χ3v) is 4.78. The summed E-state index contributed by atoms with van der Waals surface area (Å²) in [7, 11) is 0. The molecule has 0 saturated heterocycles. The van der Waals surface area contributed by atoms with Gasteiger partial charge >= 0.3 is 0 Å². The summed E-state index contributed by atoms with van der Waals surface area (Å²) in [4.78, 5) is 22.5. The van der Waals surface area contributed by atoms with Gasteiger partial charge in [0.05, 0.1) is 17.3 Å². The normalized spacial score (nSPS) is 11.0. The highest BCUT2D eigenvalue weighted by molar-refractivity contribution is 6.14. The maximum atomic E-state index is 13.3. The van der Waals surface area contributed by atoms with Crippen molar-refractivity contribution in [2.24, 2.45) is 0 Å². The first kappa shape index (κ1) is 17.9. The van der Waals surface area contributed by atoms with Gasteiger partial charge in [0.2, 0.25) is 5.78 Å². The molecule has 0 N–H and O–H groups in total. The Kier molecular flexibility index (Phi) is 4.37. The van der Waals surface area contributed by atoms with Crippen molar-refractivity contribution in [1.29, 1.82) is 0 Å². The molecule has 5 rings (SSSR count). The topological polar surface area (TPSA) is 60.7 Å². The van der Waals surface area contributed by atoms with Crippen molar-refractivity contribution in [2.75, 3.05) is 0 Å². The largest absolute Gasteiger partial charge is 0.287 e. The lowest BCUT2D eigenvalue weighted by atomic mass is 10.1. The number of aromatic nitrogens is 4. The van der Waals surface area contributed by atoms with E-state index < -0.39 is 5.82 Å². The highest BCUT2D eigenvalue weighted by Crippen LogP contribution is 2.25. The molecule has 0 atom stereocenters. The standard InChI is InChI=1S/C24H15FN4O/c25-18-13-11-16(12-14-18)22(30)21-20-15-26-29(19-9-5-2-6-10-19)24(20)28-23(27-21)17-7-3-1-4-8-17/h1-15H. The molecule has 0 radical (unpaired) electrons. The van der Waals surface area contributed by atoms with Gasteiger partial charge in [-0.2, -0.15) is 5.10 Å². The molecule has 5 nitrogen and oxygen atoms in total. The van der Waals surface area contributed by atoms with Gasteiger partial charge in [0, 0.05) is 11.1 Å². The number of hydrogen-bond acceptors (Lipinski definition) is 4. The highest BCUT2D eigenvalue weighted by Gasteiger charge is 2.21. The summed E-state index contributed by atoms with van der Waals surface area (Å²) in [5.41, 5.74) is 2.72. The van der Waals surface area contributed by atoms with Crippen molar-refractivity contribution >= 4 is 16.8 Å². The summed E-state index contributed by atoms with van der Waals surface area (Å²) < 4.78 is 15.0. The molecule has 0 fully saturated rings. The zero-order valence-electron chi connectivity index (χ0n) is 15.7. The van der Waals surface area contributed by atoms with Crippen LogP contribution in [0.3, 0.4) is 0 Å². The fourth-order valence-electron chi connectivity index (χ4n) is 3.29. The lowest BCUT2D eigenvalue weighted by Gasteiger charge is -2.08. The molecule has 0 saturated carbocycles. The summed E-state index contributed by atoms with van der Waals surface area (Å²) >= 11 is 0. The maximum absolute atomic E-state index is 13.3. The number of hydrogen-bond donors (Lipinski definition) is 0. The lowest BCUT2D eigenvalue weighted by molar-refractivity contribution is 0.103. The Labute approximate surface area is 171 Å². The Morgan fingerprint density at radius 1 is 0.800 bits per heavy atom. The molecule has 6 heteroatoms. The quantitative estimate of drug-likeness (QED) is 0.409. The van der Waals surface area contributed by atoms with Crippen molar-refractivity contribution in [3.63, 3.8) is 0 Å². The van der Waals surface area contributed by atoms with Crippen LogP contribution in [-0.4, -0.2) is 25.5 Å². The predicted octanol–water partition coefficient (Wildman–Crippen LogP) is 4.85. The zero-order valence-corrected chi connectivity index (χ0v) is 15.7. The van der Waals surface area contributed by atoms with Crippen LogP contribution in [0.4, 0.5) is 4.39 Å². The summed E-state index contributed by atoms with van der Waals surface area (Å²) in [6, 6.07) is 24.4. The molecule has 144 valence electrons. The minimum Gasteiger partial charge on any atom is -0.287 e. The van der Waals surface area contributed by atoms with Crippen molar-refractivity contribution in [3.8, 4) is 17.1 Å². The number of halogens is 1. The van der Waals surface area contributed by atoms with E-state index in [4.69, 9.17) is 4.98 Å². The number of ketones is 1. The molecule has 0 amide bonds. The van der Waals surface area contributed by atoms with Crippen molar-refractivity contribution in [2.45, 2.75) is 0 Å². The molecule has 0 aliphatic rings. The van der Waals surface area contributed by atoms with Crippen LogP contribution < -0.4 is 0 Å². The monoisotopic (exact) mass is 394 g/mol. The second-order valence-electron chi connectivity index (χ2n) is 6.73. The number of carbonyl (C=O) groups is 1. The Balaban J connectivity index is 1.76. The molecule has 2 aromatic heterocycles. The number of benzene rings is 3. The zero-order chi connectivity index (χ0) is 20.5. The van der Waals surface area contributed by atoms with E-state index in [2.05, 4.69) is 10.1 Å². The van der Waals surface area contributed by atoms with Gasteiger partial charge < -0.3 is 0 Å². The lowest BCUT2D eigenvalue weighted by Crippen LogP contribution is -2.08. The molecule has 30 heavy (non-hydrogen) atoms. The van der Waals surface area contributed by atoms with Crippen LogP contribution in [0, 0.1) is 5.82 Å². The number of rotatable bonds is 4. The minimum atomic E-state index is -0.402. The molecule has 0 aliphatic carbocycles. The Hall–Kier alpha value is -4.19. The number of para-hydroxylation sites is 1. The first-order valence-electron chi connectivity index (χ1n) is 9.37. The minimum absolute atomic E-state index is 0.229. The van der Waals surface area contributed by atoms with Gasteiger partial charge in [-0.05, 0) is 36.4 Å². The van der Waals surface area contributed by atoms with Crippen LogP contribution in [0.5, 0.6) is 0 Å². The molecular formula is C24H15FN4O. The Morgan fingerprint density at radius 3 is 2.17 bits per heavy atom. The number of nitrogens with zero attached hydrogens (tertiary/aromatic N) is 4. The molecular weight excluding hydrogens is 379 g/mol. The number of carbonyl (C=O) groups excluding carboxylic acids is 1. The SMILES string of the molecule is O=C(c1ccc(F)cc1)c1nc(-c2ccccc2)nc2c1cnn2-c1ccccc1. The number of fused-ring (bicyclic) bond motifs is 1. The smallest absolute Gasteiger partial charge is 0.212 e. The third-order valence-electron chi connectivity index (χ3n) is 4.78. The van der Waals surface area contributed by atoms with E-state index in [1.54, 1.807) is 10.9 Å². The average molecular weight is 394 g/mol. The Bertz CT molecular complexity index is 1350. The van der Waals surface area contributed by atoms with Crippen LogP contribution in [0.15, 0.2) is 91.1 Å². The average Bonchev–Trinajstić information content (AvgIpc) is 3.24. The maximum Gasteiger partial charge on any atom is 0.212 e. The van der Waals surface area contributed by atoms with Crippen LogP contribution in [-0.2, 0) is 0 Å². The Morgan fingerprint density at radius 2 is 1.47 bits per heavy atom. The van der Waals surface area contributed by atoms with Gasteiger partial charge in [-0.25, -0.2) is 19.0 Å². The van der Waals surface area contributed by atoms with Gasteiger partial charge in [0.25, 0.3) is 0 Å². The molecule has 0 aliphatic heterocycles. The van der Waals surface area contributed by atoms with Gasteiger partial charge in [0.1, 0.15) is 11.5 Å². The predicted molar refractivity (Wildman–Crippen MR) is 112 cm³/mol. The fourth-order valence-corrected chi connectivity index (χ4v) is 3.29.